The van der Waals surface area contributed by atoms with Crippen molar-refractivity contribution in [2.75, 3.05) is 0 Å². The third-order valence-corrected chi connectivity index (χ3v) is 11.3. The summed E-state index contributed by atoms with van der Waals surface area (Å²) in [6, 6.07) is 69.0. The maximum Gasteiger partial charge on any atom is 0.178 e. The molecule has 1 heterocycles. The molecule has 1 atom stereocenters. The summed E-state index contributed by atoms with van der Waals surface area (Å²) >= 11 is 0. The summed E-state index contributed by atoms with van der Waals surface area (Å²) in [4.78, 5) is 0. The minimum absolute atomic E-state index is 0.260. The smallest absolute Gasteiger partial charge is 0.178 e. The highest BCUT2D eigenvalue weighted by atomic mass is 16.6. The predicted molar refractivity (Wildman–Crippen MR) is 225 cm³/mol. The van der Waals surface area contributed by atoms with Crippen molar-refractivity contribution >= 4 is 6.08 Å². The zero-order valence-corrected chi connectivity index (χ0v) is 30.5. The third-order valence-electron chi connectivity index (χ3n) is 11.3. The van der Waals surface area contributed by atoms with Gasteiger partial charge in [0.25, 0.3) is 0 Å². The quantitative estimate of drug-likeness (QED) is 0.164. The maximum absolute atomic E-state index is 6.94. The molecule has 262 valence electrons. The Balaban J connectivity index is 0.973. The van der Waals surface area contributed by atoms with Crippen LogP contribution in [0.2, 0.25) is 0 Å². The van der Waals surface area contributed by atoms with Crippen molar-refractivity contribution < 1.29 is 9.47 Å². The molecule has 2 heteroatoms. The Bertz CT molecular complexity index is 2650. The first-order chi connectivity index (χ1) is 27.2. The first kappa shape index (κ1) is 32.7. The molecule has 1 unspecified atom stereocenters. The largest absolute Gasteiger partial charge is 0.449 e. The number of hydrogen-bond acceptors (Lipinski definition) is 2. The average Bonchev–Trinajstić information content (AvgIpc) is 3.57. The van der Waals surface area contributed by atoms with E-state index in [0.29, 0.717) is 11.5 Å². The third kappa shape index (κ3) is 5.49. The van der Waals surface area contributed by atoms with E-state index in [9.17, 15) is 0 Å². The number of benzene rings is 8. The molecule has 8 aromatic carbocycles. The summed E-state index contributed by atoms with van der Waals surface area (Å²) in [6.07, 6.45) is 4.51. The Morgan fingerprint density at radius 3 is 1.78 bits per heavy atom. The molecule has 0 saturated carbocycles. The van der Waals surface area contributed by atoms with Gasteiger partial charge < -0.3 is 9.47 Å². The first-order valence-electron chi connectivity index (χ1n) is 19.0. The van der Waals surface area contributed by atoms with Crippen molar-refractivity contribution in [3.63, 3.8) is 0 Å². The Kier molecular flexibility index (Phi) is 8.03. The molecule has 0 N–H and O–H groups in total. The SMILES string of the molecule is CC(/C=C/c1ccc(-c2ccc3c(c2)Oc2c(ccc4c2-c2ccccc2C4(c2ccccc2)c2ccccc2)O3)cc1)c1ccccc1-c1ccccc1. The van der Waals surface area contributed by atoms with Gasteiger partial charge in [0, 0.05) is 5.56 Å². The lowest BCUT2D eigenvalue weighted by Crippen LogP contribution is -2.28. The fraction of sp³-hybridized carbons (Fsp3) is 0.0566. The molecule has 1 aliphatic heterocycles. The van der Waals surface area contributed by atoms with Crippen LogP contribution in [0.25, 0.3) is 39.5 Å². The van der Waals surface area contributed by atoms with E-state index in [-0.39, 0.29) is 5.92 Å². The molecule has 1 aliphatic carbocycles. The predicted octanol–water partition coefficient (Wildman–Crippen LogP) is 14.1. The second kappa shape index (κ2) is 13.5. The molecule has 0 aromatic heterocycles. The lowest BCUT2D eigenvalue weighted by molar-refractivity contribution is 0.360. The molecule has 0 radical (unpaired) electrons. The van der Waals surface area contributed by atoms with E-state index in [1.54, 1.807) is 0 Å². The summed E-state index contributed by atoms with van der Waals surface area (Å²) in [5.41, 5.74) is 13.8. The Hall–Kier alpha value is -6.90. The Morgan fingerprint density at radius 1 is 0.455 bits per heavy atom. The molecule has 0 bridgehead atoms. The molecular weight excluding hydrogens is 669 g/mol. The van der Waals surface area contributed by atoms with Gasteiger partial charge in [-0.25, -0.2) is 0 Å². The zero-order valence-electron chi connectivity index (χ0n) is 30.5. The number of ether oxygens (including phenoxy) is 2. The molecule has 0 fully saturated rings. The van der Waals surface area contributed by atoms with Gasteiger partial charge in [-0.3, -0.25) is 0 Å². The zero-order chi connectivity index (χ0) is 36.8. The molecule has 2 aliphatic rings. The minimum Gasteiger partial charge on any atom is -0.449 e. The number of rotatable bonds is 7. The summed E-state index contributed by atoms with van der Waals surface area (Å²) < 4.78 is 13.5. The Morgan fingerprint density at radius 2 is 1.05 bits per heavy atom. The second-order valence-corrected chi connectivity index (χ2v) is 14.4. The van der Waals surface area contributed by atoms with Crippen molar-refractivity contribution in [1.29, 1.82) is 0 Å². The monoisotopic (exact) mass is 706 g/mol. The van der Waals surface area contributed by atoms with E-state index in [4.69, 9.17) is 9.47 Å². The second-order valence-electron chi connectivity index (χ2n) is 14.4. The normalized spacial score (nSPS) is 13.8. The highest BCUT2D eigenvalue weighted by molar-refractivity contribution is 5.92. The molecule has 0 amide bonds. The van der Waals surface area contributed by atoms with Crippen LogP contribution in [0.1, 0.15) is 46.2 Å². The van der Waals surface area contributed by atoms with Crippen LogP contribution in [-0.2, 0) is 5.41 Å². The van der Waals surface area contributed by atoms with Crippen LogP contribution in [0.5, 0.6) is 23.0 Å². The maximum atomic E-state index is 6.94. The fourth-order valence-electron chi connectivity index (χ4n) is 8.66. The van der Waals surface area contributed by atoms with Crippen LogP contribution < -0.4 is 9.47 Å². The van der Waals surface area contributed by atoms with Crippen LogP contribution >= 0.6 is 0 Å². The van der Waals surface area contributed by atoms with E-state index in [1.807, 2.05) is 6.07 Å². The van der Waals surface area contributed by atoms with E-state index in [1.165, 1.54) is 38.9 Å². The van der Waals surface area contributed by atoms with Crippen molar-refractivity contribution in [2.24, 2.45) is 0 Å². The van der Waals surface area contributed by atoms with Gasteiger partial charge >= 0.3 is 0 Å². The number of hydrogen-bond donors (Lipinski definition) is 0. The van der Waals surface area contributed by atoms with Crippen molar-refractivity contribution in [1.82, 2.24) is 0 Å². The summed E-state index contributed by atoms with van der Waals surface area (Å²) in [5.74, 6) is 3.16. The van der Waals surface area contributed by atoms with Gasteiger partial charge in [-0.2, -0.15) is 0 Å². The van der Waals surface area contributed by atoms with E-state index in [2.05, 4.69) is 207 Å². The first-order valence-corrected chi connectivity index (χ1v) is 19.0. The highest BCUT2D eigenvalue weighted by Crippen LogP contribution is 2.62. The summed E-state index contributed by atoms with van der Waals surface area (Å²) in [7, 11) is 0. The van der Waals surface area contributed by atoms with Crippen molar-refractivity contribution in [2.45, 2.75) is 18.3 Å². The molecule has 0 spiro atoms. The topological polar surface area (TPSA) is 18.5 Å². The van der Waals surface area contributed by atoms with Crippen LogP contribution in [0.4, 0.5) is 0 Å². The van der Waals surface area contributed by atoms with E-state index >= 15 is 0 Å². The van der Waals surface area contributed by atoms with Crippen LogP contribution in [0.15, 0.2) is 200 Å². The average molecular weight is 707 g/mol. The lowest BCUT2D eigenvalue weighted by Gasteiger charge is -2.34. The van der Waals surface area contributed by atoms with Crippen LogP contribution in [0, 0.1) is 0 Å². The standard InChI is InChI=1S/C53H38O2/c1-36(43-21-11-12-22-44(43)39-15-5-2-6-16-39)25-26-37-27-29-38(30-28-37)40-31-33-48-50(35-40)55-52-49(54-48)34-32-47-51(52)45-23-13-14-24-46(45)53(47,41-17-7-3-8-18-41)42-19-9-4-10-20-42/h2-36H,1H3/b26-25+. The molecule has 8 aromatic rings. The highest BCUT2D eigenvalue weighted by Gasteiger charge is 2.48. The van der Waals surface area contributed by atoms with Crippen molar-refractivity contribution in [3.8, 4) is 56.4 Å². The Labute approximate surface area is 322 Å². The number of fused-ring (bicyclic) bond motifs is 6. The van der Waals surface area contributed by atoms with Gasteiger partial charge in [0.05, 0.1) is 5.41 Å². The molecule has 55 heavy (non-hydrogen) atoms. The van der Waals surface area contributed by atoms with Crippen LogP contribution in [-0.4, -0.2) is 0 Å². The van der Waals surface area contributed by atoms with Gasteiger partial charge in [0.2, 0.25) is 0 Å². The summed E-state index contributed by atoms with van der Waals surface area (Å²) in [5, 5.41) is 0. The molecular formula is C53H38O2. The molecule has 0 saturated heterocycles. The van der Waals surface area contributed by atoms with Crippen LogP contribution in [0.3, 0.4) is 0 Å². The van der Waals surface area contributed by atoms with Crippen molar-refractivity contribution in [3.05, 3.63) is 234 Å². The van der Waals surface area contributed by atoms with Gasteiger partial charge in [0.15, 0.2) is 23.0 Å². The van der Waals surface area contributed by atoms with Gasteiger partial charge in [-0.1, -0.05) is 195 Å². The summed E-state index contributed by atoms with van der Waals surface area (Å²) in [6.45, 7) is 2.26. The van der Waals surface area contributed by atoms with E-state index in [0.717, 1.165) is 39.3 Å². The van der Waals surface area contributed by atoms with Gasteiger partial charge in [0.1, 0.15) is 0 Å². The minimum atomic E-state index is -0.506. The molecule has 2 nitrogen and oxygen atoms in total. The van der Waals surface area contributed by atoms with Gasteiger partial charge in [-0.05, 0) is 85.3 Å². The lowest BCUT2D eigenvalue weighted by atomic mass is 9.68. The fourth-order valence-corrected chi connectivity index (χ4v) is 8.66. The molecule has 10 rings (SSSR count). The number of allylic oxidation sites excluding steroid dienone is 1. The van der Waals surface area contributed by atoms with E-state index < -0.39 is 5.41 Å². The van der Waals surface area contributed by atoms with Gasteiger partial charge in [-0.15, -0.1) is 0 Å².